The van der Waals surface area contributed by atoms with Crippen LogP contribution in [-0.2, 0) is 35.4 Å². The Morgan fingerprint density at radius 1 is 1.07 bits per heavy atom. The van der Waals surface area contributed by atoms with Gasteiger partial charge in [0.2, 0.25) is 11.8 Å². The standard InChI is InChI=1S/C37H36N4O4/c1-3-7-33-39-35-23(2)18-27(36-38-15-17-45-36)20-32(35)41(33)22-24-11-14-29-26(19-24)13-12-25-8-4-5-9-28(25)30(29)21-34(42)40-16-6-10-31(40)37(43)44/h4-5,8-9,11,14-15,17-21,31H,3,6-7,10,12-13,16,22H2,1-2H3,(H,43,44). The van der Waals surface area contributed by atoms with E-state index in [1.165, 1.54) is 16.0 Å². The van der Waals surface area contributed by atoms with Gasteiger partial charge in [0.1, 0.15) is 18.1 Å². The van der Waals surface area contributed by atoms with Crippen LogP contribution in [0.1, 0.15) is 65.4 Å². The normalized spacial score (nSPS) is 17.0. The summed E-state index contributed by atoms with van der Waals surface area (Å²) in [7, 11) is 0. The van der Waals surface area contributed by atoms with Gasteiger partial charge < -0.3 is 19.0 Å². The van der Waals surface area contributed by atoms with Crippen molar-refractivity contribution >= 4 is 28.5 Å². The van der Waals surface area contributed by atoms with Gasteiger partial charge in [-0.05, 0) is 90.1 Å². The predicted molar refractivity (Wildman–Crippen MR) is 173 cm³/mol. The number of aromatic nitrogens is 3. The Balaban J connectivity index is 1.29. The van der Waals surface area contributed by atoms with Crippen LogP contribution in [0.4, 0.5) is 0 Å². The fourth-order valence-electron chi connectivity index (χ4n) is 6.98. The van der Waals surface area contributed by atoms with E-state index < -0.39 is 12.0 Å². The minimum Gasteiger partial charge on any atom is -0.480 e. The topological polar surface area (TPSA) is 101 Å². The van der Waals surface area contributed by atoms with E-state index >= 15 is 0 Å². The van der Waals surface area contributed by atoms with Crippen LogP contribution in [0.25, 0.3) is 28.1 Å². The first kappa shape index (κ1) is 28.8. The SMILES string of the molecule is CCCc1nc2c(C)cc(-c3ncco3)cc2n1Cc1ccc2c(c1)CCc1ccccc1C2=CC(=O)N1CCCC1C(=O)O. The molecule has 1 atom stereocenters. The second-order valence-electron chi connectivity index (χ2n) is 12.1. The van der Waals surface area contributed by atoms with Crippen LogP contribution in [0, 0.1) is 6.92 Å². The first-order valence-corrected chi connectivity index (χ1v) is 15.8. The van der Waals surface area contributed by atoms with Crippen molar-refractivity contribution in [2.75, 3.05) is 6.54 Å². The number of carboxylic acid groups (broad SMARTS) is 1. The van der Waals surface area contributed by atoms with Crippen molar-refractivity contribution < 1.29 is 19.1 Å². The van der Waals surface area contributed by atoms with Crippen molar-refractivity contribution in [2.45, 2.75) is 65.0 Å². The number of oxazole rings is 1. The molecule has 1 unspecified atom stereocenters. The summed E-state index contributed by atoms with van der Waals surface area (Å²) in [5, 5.41) is 9.70. The molecule has 0 bridgehead atoms. The van der Waals surface area contributed by atoms with Crippen LogP contribution >= 0.6 is 0 Å². The van der Waals surface area contributed by atoms with Gasteiger partial charge >= 0.3 is 5.97 Å². The number of hydrogen-bond donors (Lipinski definition) is 1. The highest BCUT2D eigenvalue weighted by Gasteiger charge is 2.33. The molecule has 5 aromatic rings. The minimum atomic E-state index is -0.942. The second-order valence-corrected chi connectivity index (χ2v) is 12.1. The summed E-state index contributed by atoms with van der Waals surface area (Å²) in [6.45, 7) is 5.37. The zero-order valence-corrected chi connectivity index (χ0v) is 25.6. The number of nitrogens with zero attached hydrogens (tertiary/aromatic N) is 4. The third-order valence-corrected chi connectivity index (χ3v) is 9.14. The average molecular weight is 601 g/mol. The molecular formula is C37H36N4O4. The van der Waals surface area contributed by atoms with Crippen molar-refractivity contribution in [2.24, 2.45) is 0 Å². The van der Waals surface area contributed by atoms with E-state index in [0.717, 1.165) is 75.9 Å². The summed E-state index contributed by atoms with van der Waals surface area (Å²) in [5.74, 6) is 0.454. The van der Waals surface area contributed by atoms with E-state index in [4.69, 9.17) is 9.40 Å². The molecule has 0 spiro atoms. The molecule has 8 nitrogen and oxygen atoms in total. The summed E-state index contributed by atoms with van der Waals surface area (Å²) in [6.07, 6.45) is 9.65. The van der Waals surface area contributed by atoms with Crippen molar-refractivity contribution in [1.29, 1.82) is 0 Å². The van der Waals surface area contributed by atoms with Crippen molar-refractivity contribution in [1.82, 2.24) is 19.4 Å². The summed E-state index contributed by atoms with van der Waals surface area (Å²) in [4.78, 5) is 36.4. The largest absolute Gasteiger partial charge is 0.480 e. The lowest BCUT2D eigenvalue weighted by molar-refractivity contribution is -0.146. The molecule has 1 N–H and O–H groups in total. The van der Waals surface area contributed by atoms with Crippen molar-refractivity contribution in [3.63, 3.8) is 0 Å². The summed E-state index contributed by atoms with van der Waals surface area (Å²) in [6, 6.07) is 18.2. The highest BCUT2D eigenvalue weighted by molar-refractivity contribution is 6.01. The molecule has 1 aliphatic heterocycles. The number of aliphatic carboxylic acids is 1. The average Bonchev–Trinajstić information content (AvgIpc) is 3.80. The maximum Gasteiger partial charge on any atom is 0.326 e. The summed E-state index contributed by atoms with van der Waals surface area (Å²) < 4.78 is 7.93. The van der Waals surface area contributed by atoms with E-state index in [0.29, 0.717) is 31.8 Å². The van der Waals surface area contributed by atoms with Crippen molar-refractivity contribution in [3.05, 3.63) is 112 Å². The highest BCUT2D eigenvalue weighted by atomic mass is 16.4. The molecule has 1 saturated heterocycles. The first-order chi connectivity index (χ1) is 21.9. The summed E-state index contributed by atoms with van der Waals surface area (Å²) in [5.41, 5.74) is 10.5. The summed E-state index contributed by atoms with van der Waals surface area (Å²) >= 11 is 0. The quantitative estimate of drug-likeness (QED) is 0.211. The monoisotopic (exact) mass is 600 g/mol. The molecule has 7 rings (SSSR count). The van der Waals surface area contributed by atoms with Gasteiger partial charge in [0.15, 0.2) is 0 Å². The number of rotatable bonds is 7. The van der Waals surface area contributed by atoms with Gasteiger partial charge in [-0.15, -0.1) is 0 Å². The van der Waals surface area contributed by atoms with Gasteiger partial charge in [0.25, 0.3) is 0 Å². The number of carbonyl (C=O) groups is 2. The molecule has 1 fully saturated rings. The number of hydrogen-bond acceptors (Lipinski definition) is 5. The van der Waals surface area contributed by atoms with Gasteiger partial charge in [0, 0.05) is 31.1 Å². The lowest BCUT2D eigenvalue weighted by atomic mass is 9.92. The van der Waals surface area contributed by atoms with Crippen molar-refractivity contribution in [3.8, 4) is 11.5 Å². The van der Waals surface area contributed by atoms with E-state index in [1.807, 2.05) is 12.1 Å². The van der Waals surface area contributed by atoms with Crippen LogP contribution in [0.3, 0.4) is 0 Å². The lowest BCUT2D eigenvalue weighted by Crippen LogP contribution is -2.39. The fourth-order valence-corrected chi connectivity index (χ4v) is 6.98. The number of imidazole rings is 1. The van der Waals surface area contributed by atoms with Crippen LogP contribution < -0.4 is 0 Å². The van der Waals surface area contributed by atoms with Crippen LogP contribution in [0.5, 0.6) is 0 Å². The lowest BCUT2D eigenvalue weighted by Gasteiger charge is -2.21. The Morgan fingerprint density at radius 3 is 2.69 bits per heavy atom. The first-order valence-electron chi connectivity index (χ1n) is 15.8. The Bertz CT molecular complexity index is 1950. The predicted octanol–water partition coefficient (Wildman–Crippen LogP) is 6.61. The smallest absolute Gasteiger partial charge is 0.326 e. The highest BCUT2D eigenvalue weighted by Crippen LogP contribution is 2.35. The number of fused-ring (bicyclic) bond motifs is 3. The van der Waals surface area contributed by atoms with Crippen LogP contribution in [0.15, 0.2) is 77.6 Å². The molecule has 1 aliphatic carbocycles. The zero-order valence-electron chi connectivity index (χ0n) is 25.6. The molecule has 228 valence electrons. The van der Waals surface area contributed by atoms with Crippen LogP contribution in [0.2, 0.25) is 0 Å². The third-order valence-electron chi connectivity index (χ3n) is 9.14. The Kier molecular flexibility index (Phi) is 7.57. The Labute approximate surface area is 262 Å². The molecule has 8 heteroatoms. The third kappa shape index (κ3) is 5.35. The van der Waals surface area contributed by atoms with Crippen LogP contribution in [-0.4, -0.2) is 49.0 Å². The number of amides is 1. The van der Waals surface area contributed by atoms with Gasteiger partial charge in [0.05, 0.1) is 17.2 Å². The van der Waals surface area contributed by atoms with E-state index in [-0.39, 0.29) is 5.91 Å². The molecular weight excluding hydrogens is 564 g/mol. The Hall–Kier alpha value is -4.98. The van der Waals surface area contributed by atoms with Gasteiger partial charge in [-0.1, -0.05) is 49.4 Å². The molecule has 3 aromatic carbocycles. The number of likely N-dealkylation sites (tertiary alicyclic amines) is 1. The number of carbonyl (C=O) groups excluding carboxylic acids is 1. The number of aryl methyl sites for hydroxylation is 4. The zero-order chi connectivity index (χ0) is 31.1. The van der Waals surface area contributed by atoms with E-state index in [1.54, 1.807) is 18.5 Å². The molecule has 0 radical (unpaired) electrons. The van der Waals surface area contributed by atoms with E-state index in [2.05, 4.69) is 65.9 Å². The molecule has 2 aromatic heterocycles. The maximum absolute atomic E-state index is 13.6. The van der Waals surface area contributed by atoms with Gasteiger partial charge in [-0.25, -0.2) is 14.8 Å². The van der Waals surface area contributed by atoms with Gasteiger partial charge in [-0.2, -0.15) is 0 Å². The molecule has 1 amide bonds. The van der Waals surface area contributed by atoms with E-state index in [9.17, 15) is 14.7 Å². The molecule has 0 saturated carbocycles. The molecule has 3 heterocycles. The molecule has 45 heavy (non-hydrogen) atoms. The fraction of sp³-hybridized carbons (Fsp3) is 0.297. The minimum absolute atomic E-state index is 0.243. The number of benzene rings is 3. The second kappa shape index (κ2) is 11.8. The Morgan fingerprint density at radius 2 is 1.89 bits per heavy atom. The molecule has 2 aliphatic rings. The maximum atomic E-state index is 13.6. The number of carboxylic acids is 1. The van der Waals surface area contributed by atoms with Gasteiger partial charge in [-0.3, -0.25) is 4.79 Å².